The molecular weight excluding hydrogens is 352 g/mol. The number of aliphatic hydroxyl groups is 1. The smallest absolute Gasteiger partial charge is 0.254 e. The topological polar surface area (TPSA) is 62.7 Å². The molecule has 5 heteroatoms. The normalized spacial score (nSPS) is 10.5. The summed E-state index contributed by atoms with van der Waals surface area (Å²) in [6.45, 7) is 1.45. The van der Waals surface area contributed by atoms with Gasteiger partial charge in [-0.3, -0.25) is 9.78 Å². The van der Waals surface area contributed by atoms with Gasteiger partial charge in [0.2, 0.25) is 0 Å². The number of hydrogen-bond acceptors (Lipinski definition) is 4. The molecule has 3 aromatic rings. The molecule has 0 saturated heterocycles. The molecule has 0 atom stereocenters. The maximum absolute atomic E-state index is 12.9. The van der Waals surface area contributed by atoms with Gasteiger partial charge in [-0.1, -0.05) is 36.4 Å². The fourth-order valence-electron chi connectivity index (χ4n) is 2.83. The molecule has 0 aliphatic carbocycles. The Balaban J connectivity index is 1.64. The maximum Gasteiger partial charge on any atom is 0.254 e. The van der Waals surface area contributed by atoms with Crippen LogP contribution in [0.2, 0.25) is 0 Å². The summed E-state index contributed by atoms with van der Waals surface area (Å²) in [5.74, 6) is 0.626. The highest BCUT2D eigenvalue weighted by atomic mass is 16.5. The summed E-state index contributed by atoms with van der Waals surface area (Å²) in [7, 11) is 0. The Hall–Kier alpha value is -3.18. The highest BCUT2D eigenvalue weighted by Gasteiger charge is 2.16. The summed E-state index contributed by atoms with van der Waals surface area (Å²) in [6, 6.07) is 22.7. The van der Waals surface area contributed by atoms with Crippen LogP contribution < -0.4 is 4.74 Å². The van der Waals surface area contributed by atoms with E-state index in [-0.39, 0.29) is 12.5 Å². The third kappa shape index (κ3) is 5.66. The fourth-order valence-corrected chi connectivity index (χ4v) is 2.83. The average molecular weight is 376 g/mol. The summed E-state index contributed by atoms with van der Waals surface area (Å²) < 4.78 is 5.73. The van der Waals surface area contributed by atoms with Crippen molar-refractivity contribution >= 4 is 5.91 Å². The van der Waals surface area contributed by atoms with E-state index < -0.39 is 0 Å². The molecule has 1 amide bonds. The van der Waals surface area contributed by atoms with E-state index in [0.717, 1.165) is 11.3 Å². The van der Waals surface area contributed by atoms with Crippen LogP contribution in [-0.2, 0) is 13.2 Å². The molecule has 1 N–H and O–H groups in total. The van der Waals surface area contributed by atoms with E-state index in [2.05, 4.69) is 4.98 Å². The third-order valence-corrected chi connectivity index (χ3v) is 4.30. The van der Waals surface area contributed by atoms with Gasteiger partial charge in [0.25, 0.3) is 5.91 Å². The number of pyridine rings is 1. The Morgan fingerprint density at radius 3 is 2.39 bits per heavy atom. The first-order valence-electron chi connectivity index (χ1n) is 9.33. The Kier molecular flexibility index (Phi) is 7.15. The van der Waals surface area contributed by atoms with Gasteiger partial charge in [-0.05, 0) is 48.4 Å². The maximum atomic E-state index is 12.9. The second-order valence-corrected chi connectivity index (χ2v) is 6.42. The van der Waals surface area contributed by atoms with Gasteiger partial charge < -0.3 is 14.7 Å². The van der Waals surface area contributed by atoms with E-state index in [1.165, 1.54) is 0 Å². The van der Waals surface area contributed by atoms with E-state index in [1.807, 2.05) is 48.5 Å². The fraction of sp³-hybridized carbons (Fsp3) is 0.217. The van der Waals surface area contributed by atoms with Crippen molar-refractivity contribution in [2.45, 2.75) is 19.6 Å². The molecule has 0 radical (unpaired) electrons. The van der Waals surface area contributed by atoms with E-state index in [0.29, 0.717) is 37.4 Å². The first-order chi connectivity index (χ1) is 13.8. The lowest BCUT2D eigenvalue weighted by Gasteiger charge is -2.23. The highest BCUT2D eigenvalue weighted by Crippen LogP contribution is 2.16. The predicted octanol–water partition coefficient (Wildman–Crippen LogP) is 3.69. The van der Waals surface area contributed by atoms with E-state index >= 15 is 0 Å². The molecule has 0 aliphatic rings. The molecule has 0 bridgehead atoms. The number of rotatable bonds is 9. The first kappa shape index (κ1) is 19.6. The summed E-state index contributed by atoms with van der Waals surface area (Å²) in [5, 5.41) is 9.16. The molecule has 1 aromatic heterocycles. The quantitative estimate of drug-likeness (QED) is 0.619. The standard InChI is InChI=1S/C23H24N2O3/c26-16-6-15-25(17-19-7-2-1-3-8-19)23(27)20-10-12-22(13-11-20)28-18-21-9-4-5-14-24-21/h1-5,7-14,26H,6,15-18H2. The van der Waals surface area contributed by atoms with E-state index in [9.17, 15) is 4.79 Å². The molecule has 28 heavy (non-hydrogen) atoms. The van der Waals surface area contributed by atoms with Crippen LogP contribution in [0.4, 0.5) is 0 Å². The Morgan fingerprint density at radius 2 is 1.71 bits per heavy atom. The molecule has 1 heterocycles. The minimum atomic E-state index is -0.0615. The number of aliphatic hydroxyl groups excluding tert-OH is 1. The van der Waals surface area contributed by atoms with E-state index in [4.69, 9.17) is 9.84 Å². The number of ether oxygens (including phenoxy) is 1. The molecule has 2 aromatic carbocycles. The second-order valence-electron chi connectivity index (χ2n) is 6.42. The van der Waals surface area contributed by atoms with Crippen molar-refractivity contribution in [3.8, 4) is 5.75 Å². The van der Waals surface area contributed by atoms with Crippen LogP contribution in [0.5, 0.6) is 5.75 Å². The van der Waals surface area contributed by atoms with Crippen LogP contribution in [0.1, 0.15) is 28.0 Å². The van der Waals surface area contributed by atoms with E-state index in [1.54, 1.807) is 35.4 Å². The van der Waals surface area contributed by atoms with Gasteiger partial charge in [-0.15, -0.1) is 0 Å². The van der Waals surface area contributed by atoms with Crippen molar-refractivity contribution in [2.24, 2.45) is 0 Å². The summed E-state index contributed by atoms with van der Waals surface area (Å²) in [5.41, 5.74) is 2.50. The van der Waals surface area contributed by atoms with Gasteiger partial charge in [0.1, 0.15) is 12.4 Å². The molecule has 0 fully saturated rings. The molecule has 0 aliphatic heterocycles. The van der Waals surface area contributed by atoms with Crippen LogP contribution in [-0.4, -0.2) is 34.0 Å². The van der Waals surface area contributed by atoms with Gasteiger partial charge in [0, 0.05) is 31.5 Å². The van der Waals surface area contributed by atoms with Gasteiger partial charge in [-0.25, -0.2) is 0 Å². The lowest BCUT2D eigenvalue weighted by molar-refractivity contribution is 0.0732. The SMILES string of the molecule is O=C(c1ccc(OCc2ccccn2)cc1)N(CCCO)Cc1ccccc1. The zero-order chi connectivity index (χ0) is 19.6. The molecule has 0 saturated carbocycles. The lowest BCUT2D eigenvalue weighted by Crippen LogP contribution is -2.32. The highest BCUT2D eigenvalue weighted by molar-refractivity contribution is 5.94. The van der Waals surface area contributed by atoms with Gasteiger partial charge in [0.15, 0.2) is 0 Å². The Labute approximate surface area is 165 Å². The van der Waals surface area contributed by atoms with Gasteiger partial charge in [-0.2, -0.15) is 0 Å². The zero-order valence-electron chi connectivity index (χ0n) is 15.7. The summed E-state index contributed by atoms with van der Waals surface area (Å²) in [4.78, 5) is 18.9. The molecule has 0 unspecified atom stereocenters. The van der Waals surface area contributed by atoms with Crippen molar-refractivity contribution in [3.63, 3.8) is 0 Å². The minimum Gasteiger partial charge on any atom is -0.487 e. The minimum absolute atomic E-state index is 0.0544. The number of amides is 1. The molecule has 5 nitrogen and oxygen atoms in total. The van der Waals surface area contributed by atoms with Crippen LogP contribution in [0, 0.1) is 0 Å². The first-order valence-corrected chi connectivity index (χ1v) is 9.33. The Bertz CT molecular complexity index is 852. The van der Waals surface area contributed by atoms with Gasteiger partial charge in [0.05, 0.1) is 5.69 Å². The summed E-state index contributed by atoms with van der Waals surface area (Å²) >= 11 is 0. The van der Waals surface area contributed by atoms with Crippen molar-refractivity contribution in [1.29, 1.82) is 0 Å². The Morgan fingerprint density at radius 1 is 0.964 bits per heavy atom. The molecule has 0 spiro atoms. The lowest BCUT2D eigenvalue weighted by atomic mass is 10.1. The average Bonchev–Trinajstić information content (AvgIpc) is 2.76. The van der Waals surface area contributed by atoms with Crippen LogP contribution >= 0.6 is 0 Å². The van der Waals surface area contributed by atoms with Crippen molar-refractivity contribution in [2.75, 3.05) is 13.2 Å². The third-order valence-electron chi connectivity index (χ3n) is 4.30. The van der Waals surface area contributed by atoms with Crippen molar-refractivity contribution < 1.29 is 14.6 Å². The van der Waals surface area contributed by atoms with Gasteiger partial charge >= 0.3 is 0 Å². The number of nitrogens with zero attached hydrogens (tertiary/aromatic N) is 2. The summed E-state index contributed by atoms with van der Waals surface area (Å²) in [6.07, 6.45) is 2.28. The van der Waals surface area contributed by atoms with Crippen molar-refractivity contribution in [1.82, 2.24) is 9.88 Å². The van der Waals surface area contributed by atoms with Crippen LogP contribution in [0.25, 0.3) is 0 Å². The molecular formula is C23H24N2O3. The number of carbonyl (C=O) groups is 1. The van der Waals surface area contributed by atoms with Crippen LogP contribution in [0.3, 0.4) is 0 Å². The largest absolute Gasteiger partial charge is 0.487 e. The zero-order valence-corrected chi connectivity index (χ0v) is 15.7. The second kappa shape index (κ2) is 10.2. The predicted molar refractivity (Wildman–Crippen MR) is 108 cm³/mol. The van der Waals surface area contributed by atoms with Crippen LogP contribution in [0.15, 0.2) is 79.0 Å². The molecule has 3 rings (SSSR count). The molecule has 144 valence electrons. The number of carbonyl (C=O) groups excluding carboxylic acids is 1. The monoisotopic (exact) mass is 376 g/mol. The number of hydrogen-bond donors (Lipinski definition) is 1. The number of benzene rings is 2. The van der Waals surface area contributed by atoms with Crippen molar-refractivity contribution in [3.05, 3.63) is 95.8 Å². The number of aromatic nitrogens is 1.